The van der Waals surface area contributed by atoms with Crippen LogP contribution >= 0.6 is 0 Å². The lowest BCUT2D eigenvalue weighted by Crippen LogP contribution is -2.28. The van der Waals surface area contributed by atoms with Crippen LogP contribution in [0.2, 0.25) is 0 Å². The molecular formula is C29H31N3O2. The average molecular weight is 454 g/mol. The molecule has 1 aliphatic heterocycles. The summed E-state index contributed by atoms with van der Waals surface area (Å²) < 4.78 is 8.41. The van der Waals surface area contributed by atoms with Gasteiger partial charge in [-0.2, -0.15) is 0 Å². The first-order valence-electron chi connectivity index (χ1n) is 12.0. The minimum atomic E-state index is 0.0455. The quantitative estimate of drug-likeness (QED) is 0.355. The Labute approximate surface area is 201 Å². The highest BCUT2D eigenvalue weighted by molar-refractivity contribution is 5.81. The fourth-order valence-electron chi connectivity index (χ4n) is 4.94. The lowest BCUT2D eigenvalue weighted by molar-refractivity contribution is -0.129. The molecule has 1 saturated heterocycles. The summed E-state index contributed by atoms with van der Waals surface area (Å²) in [4.78, 5) is 20.0. The lowest BCUT2D eigenvalue weighted by Gasteiger charge is -2.25. The highest BCUT2D eigenvalue weighted by Crippen LogP contribution is 2.35. The molecule has 3 aromatic carbocycles. The third-order valence-electron chi connectivity index (χ3n) is 6.87. The van der Waals surface area contributed by atoms with Crippen LogP contribution in [0.5, 0.6) is 5.75 Å². The average Bonchev–Trinajstić information content (AvgIpc) is 3.42. The van der Waals surface area contributed by atoms with E-state index < -0.39 is 0 Å². The van der Waals surface area contributed by atoms with Crippen molar-refractivity contribution in [2.24, 2.45) is 0 Å². The lowest BCUT2D eigenvalue weighted by atomic mass is 10.1. The van der Waals surface area contributed by atoms with Gasteiger partial charge in [-0.15, -0.1) is 0 Å². The Morgan fingerprint density at radius 1 is 1.03 bits per heavy atom. The number of benzene rings is 3. The molecule has 5 rings (SSSR count). The fraction of sp³-hybridized carbons (Fsp3) is 0.310. The SMILES string of the molecule is Cc1ccc(C)c(OCCn2c(C3CC(=O)N(C(C)c4ccccc4)C3)nc3ccccc32)c1. The van der Waals surface area contributed by atoms with Crippen LogP contribution in [0.15, 0.2) is 72.8 Å². The maximum absolute atomic E-state index is 13.0. The standard InChI is InChI=1S/C29H31N3O2/c1-20-13-14-21(2)27(17-20)34-16-15-31-26-12-8-7-11-25(26)30-29(31)24-18-28(33)32(19-24)22(3)23-9-5-4-6-10-23/h4-14,17,22,24H,15-16,18-19H2,1-3H3. The normalized spacial score (nSPS) is 16.9. The smallest absolute Gasteiger partial charge is 0.223 e. The number of amides is 1. The predicted octanol–water partition coefficient (Wildman–Crippen LogP) is 5.81. The summed E-state index contributed by atoms with van der Waals surface area (Å²) in [5.41, 5.74) is 5.53. The topological polar surface area (TPSA) is 47.4 Å². The molecule has 0 saturated carbocycles. The van der Waals surface area contributed by atoms with Crippen LogP contribution in [-0.2, 0) is 11.3 Å². The predicted molar refractivity (Wildman–Crippen MR) is 135 cm³/mol. The highest BCUT2D eigenvalue weighted by atomic mass is 16.5. The molecule has 1 aromatic heterocycles. The zero-order valence-corrected chi connectivity index (χ0v) is 20.1. The second-order valence-corrected chi connectivity index (χ2v) is 9.26. The summed E-state index contributed by atoms with van der Waals surface area (Å²) in [6, 6.07) is 24.8. The van der Waals surface area contributed by atoms with Gasteiger partial charge < -0.3 is 14.2 Å². The number of rotatable bonds is 7. The molecule has 0 radical (unpaired) electrons. The molecule has 1 aliphatic rings. The molecule has 2 unspecified atom stereocenters. The third kappa shape index (κ3) is 4.30. The van der Waals surface area contributed by atoms with Crippen LogP contribution < -0.4 is 4.74 Å². The Balaban J connectivity index is 1.39. The van der Waals surface area contributed by atoms with E-state index in [0.717, 1.165) is 33.7 Å². The van der Waals surface area contributed by atoms with Gasteiger partial charge in [0.1, 0.15) is 18.2 Å². The van der Waals surface area contributed by atoms with E-state index in [1.807, 2.05) is 41.3 Å². The molecular weight excluding hydrogens is 422 g/mol. The molecule has 5 nitrogen and oxygen atoms in total. The van der Waals surface area contributed by atoms with Crippen LogP contribution in [0.25, 0.3) is 11.0 Å². The van der Waals surface area contributed by atoms with Crippen molar-refractivity contribution in [3.63, 3.8) is 0 Å². The van der Waals surface area contributed by atoms with E-state index in [-0.39, 0.29) is 17.9 Å². The number of aryl methyl sites for hydroxylation is 2. The van der Waals surface area contributed by atoms with E-state index in [9.17, 15) is 4.79 Å². The van der Waals surface area contributed by atoms with Crippen LogP contribution in [0.3, 0.4) is 0 Å². The van der Waals surface area contributed by atoms with Crippen LogP contribution in [0.1, 0.15) is 47.8 Å². The summed E-state index contributed by atoms with van der Waals surface area (Å²) in [5.74, 6) is 2.14. The summed E-state index contributed by atoms with van der Waals surface area (Å²) in [6.45, 7) is 8.16. The molecule has 174 valence electrons. The number of hydrogen-bond donors (Lipinski definition) is 0. The van der Waals surface area contributed by atoms with Gasteiger partial charge in [0.2, 0.25) is 5.91 Å². The molecule has 0 N–H and O–H groups in total. The van der Waals surface area contributed by atoms with Gasteiger partial charge in [-0.1, -0.05) is 54.6 Å². The minimum Gasteiger partial charge on any atom is -0.491 e. The molecule has 1 amide bonds. The number of hydrogen-bond acceptors (Lipinski definition) is 3. The van der Waals surface area contributed by atoms with E-state index in [1.54, 1.807) is 0 Å². The number of para-hydroxylation sites is 2. The summed E-state index contributed by atoms with van der Waals surface area (Å²) in [5, 5.41) is 0. The summed E-state index contributed by atoms with van der Waals surface area (Å²) in [6.07, 6.45) is 0.484. The van der Waals surface area contributed by atoms with E-state index in [0.29, 0.717) is 26.1 Å². The summed E-state index contributed by atoms with van der Waals surface area (Å²) in [7, 11) is 0. The minimum absolute atomic E-state index is 0.0455. The zero-order chi connectivity index (χ0) is 23.7. The first-order valence-corrected chi connectivity index (χ1v) is 12.0. The van der Waals surface area contributed by atoms with Crippen molar-refractivity contribution < 1.29 is 9.53 Å². The number of imidazole rings is 1. The van der Waals surface area contributed by atoms with Gasteiger partial charge in [-0.25, -0.2) is 4.98 Å². The van der Waals surface area contributed by atoms with Crippen molar-refractivity contribution in [3.05, 3.63) is 95.3 Å². The first-order chi connectivity index (χ1) is 16.5. The number of carbonyl (C=O) groups excluding carboxylic acids is 1. The van der Waals surface area contributed by atoms with Gasteiger partial charge >= 0.3 is 0 Å². The molecule has 0 bridgehead atoms. The van der Waals surface area contributed by atoms with Crippen molar-refractivity contribution in [2.45, 2.75) is 45.7 Å². The number of fused-ring (bicyclic) bond motifs is 1. The highest BCUT2D eigenvalue weighted by Gasteiger charge is 2.36. The number of ether oxygens (including phenoxy) is 1. The second-order valence-electron chi connectivity index (χ2n) is 9.26. The molecule has 4 aromatic rings. The van der Waals surface area contributed by atoms with Gasteiger partial charge in [0.25, 0.3) is 0 Å². The molecule has 5 heteroatoms. The Morgan fingerprint density at radius 3 is 2.62 bits per heavy atom. The van der Waals surface area contributed by atoms with Crippen LogP contribution in [0, 0.1) is 13.8 Å². The number of aromatic nitrogens is 2. The fourth-order valence-corrected chi connectivity index (χ4v) is 4.94. The van der Waals surface area contributed by atoms with Crippen molar-refractivity contribution in [3.8, 4) is 5.75 Å². The molecule has 0 aliphatic carbocycles. The van der Waals surface area contributed by atoms with Crippen molar-refractivity contribution in [1.82, 2.24) is 14.5 Å². The largest absolute Gasteiger partial charge is 0.491 e. The van der Waals surface area contributed by atoms with Crippen molar-refractivity contribution in [1.29, 1.82) is 0 Å². The maximum Gasteiger partial charge on any atom is 0.223 e. The molecule has 34 heavy (non-hydrogen) atoms. The van der Waals surface area contributed by atoms with Gasteiger partial charge in [0.05, 0.1) is 23.6 Å². The van der Waals surface area contributed by atoms with Gasteiger partial charge in [-0.05, 0) is 55.7 Å². The third-order valence-corrected chi connectivity index (χ3v) is 6.87. The summed E-state index contributed by atoms with van der Waals surface area (Å²) >= 11 is 0. The van der Waals surface area contributed by atoms with Gasteiger partial charge in [0, 0.05) is 18.9 Å². The number of likely N-dealkylation sites (tertiary alicyclic amines) is 1. The molecule has 2 heterocycles. The van der Waals surface area contributed by atoms with E-state index in [1.165, 1.54) is 5.56 Å². The first kappa shape index (κ1) is 22.2. The number of carbonyl (C=O) groups is 1. The van der Waals surface area contributed by atoms with Gasteiger partial charge in [0.15, 0.2) is 0 Å². The monoisotopic (exact) mass is 453 g/mol. The Bertz CT molecular complexity index is 1310. The van der Waals surface area contributed by atoms with Gasteiger partial charge in [-0.3, -0.25) is 4.79 Å². The Morgan fingerprint density at radius 2 is 1.79 bits per heavy atom. The zero-order valence-electron chi connectivity index (χ0n) is 20.1. The second kappa shape index (κ2) is 9.34. The Kier molecular flexibility index (Phi) is 6.10. The molecule has 2 atom stereocenters. The van der Waals surface area contributed by atoms with E-state index in [2.05, 4.69) is 61.7 Å². The van der Waals surface area contributed by atoms with Crippen LogP contribution in [-0.4, -0.2) is 33.5 Å². The molecule has 1 fully saturated rings. The van der Waals surface area contributed by atoms with Crippen LogP contribution in [0.4, 0.5) is 0 Å². The van der Waals surface area contributed by atoms with E-state index in [4.69, 9.17) is 9.72 Å². The number of nitrogens with zero attached hydrogens (tertiary/aromatic N) is 3. The Hall–Kier alpha value is -3.60. The molecule has 0 spiro atoms. The van der Waals surface area contributed by atoms with E-state index >= 15 is 0 Å². The maximum atomic E-state index is 13.0. The van der Waals surface area contributed by atoms with Crippen molar-refractivity contribution >= 4 is 16.9 Å². The van der Waals surface area contributed by atoms with Crippen molar-refractivity contribution in [2.75, 3.05) is 13.2 Å².